The van der Waals surface area contributed by atoms with E-state index in [4.69, 9.17) is 18.6 Å². The molecular weight excluding hydrogens is 363 g/mol. The third-order valence-corrected chi connectivity index (χ3v) is 5.40. The Kier molecular flexibility index (Phi) is 3.59. The van der Waals surface area contributed by atoms with Crippen LogP contribution in [0.2, 0.25) is 0 Å². The zero-order valence-corrected chi connectivity index (χ0v) is 14.4. The molecule has 0 unspecified atom stereocenters. The first-order chi connectivity index (χ1) is 12.0. The van der Waals surface area contributed by atoms with Gasteiger partial charge in [-0.15, -0.1) is 6.42 Å². The summed E-state index contributed by atoms with van der Waals surface area (Å²) in [7, 11) is 0. The van der Waals surface area contributed by atoms with Crippen LogP contribution in [0.3, 0.4) is 0 Å². The lowest BCUT2D eigenvalue weighted by atomic mass is 10.2. The molecular formula is C16H11FN4O2S2. The molecule has 0 radical (unpaired) electrons. The normalized spacial score (nSPS) is 13.1. The molecule has 0 N–H and O–H groups in total. The van der Waals surface area contributed by atoms with Gasteiger partial charge in [0.15, 0.2) is 0 Å². The molecule has 0 amide bonds. The molecule has 2 aromatic heterocycles. The van der Waals surface area contributed by atoms with Crippen LogP contribution < -0.4 is 10.6 Å². The second-order valence-electron chi connectivity index (χ2n) is 5.47. The first-order valence-corrected chi connectivity index (χ1v) is 8.60. The van der Waals surface area contributed by atoms with E-state index in [0.29, 0.717) is 23.3 Å². The molecule has 0 aliphatic carbocycles. The number of benzene rings is 1. The molecule has 0 fully saturated rings. The minimum absolute atomic E-state index is 0.0143. The summed E-state index contributed by atoms with van der Waals surface area (Å²) in [5, 5.41) is 0. The van der Waals surface area contributed by atoms with Crippen molar-refractivity contribution in [3.63, 3.8) is 0 Å². The van der Waals surface area contributed by atoms with E-state index in [-0.39, 0.29) is 21.9 Å². The fourth-order valence-electron chi connectivity index (χ4n) is 2.91. The van der Waals surface area contributed by atoms with Gasteiger partial charge >= 0.3 is 10.6 Å². The van der Waals surface area contributed by atoms with Crippen LogP contribution in [0.4, 0.5) is 4.39 Å². The van der Waals surface area contributed by atoms with Crippen LogP contribution in [0.15, 0.2) is 33.9 Å². The smallest absolute Gasteiger partial charge is 0.287 e. The topological polar surface area (TPSA) is 53.9 Å². The highest BCUT2D eigenvalue weighted by atomic mass is 32.1. The van der Waals surface area contributed by atoms with Gasteiger partial charge in [-0.1, -0.05) is 29.4 Å². The first kappa shape index (κ1) is 15.8. The Morgan fingerprint density at radius 3 is 2.64 bits per heavy atom. The number of aromatic nitrogens is 4. The Balaban J connectivity index is 2.05. The summed E-state index contributed by atoms with van der Waals surface area (Å²) in [6.07, 6.45) is 9.05. The molecule has 9 heteroatoms. The van der Waals surface area contributed by atoms with E-state index in [2.05, 4.69) is 5.92 Å². The molecule has 126 valence electrons. The van der Waals surface area contributed by atoms with Crippen molar-refractivity contribution < 1.29 is 4.39 Å². The zero-order chi connectivity index (χ0) is 17.7. The van der Waals surface area contributed by atoms with Gasteiger partial charge in [0.2, 0.25) is 4.77 Å². The van der Waals surface area contributed by atoms with Crippen molar-refractivity contribution in [1.82, 2.24) is 18.5 Å². The number of rotatable bonds is 2. The van der Waals surface area contributed by atoms with Gasteiger partial charge in [0.05, 0.1) is 35.5 Å². The number of thiazole rings is 1. The molecule has 0 atom stereocenters. The number of terminal acetylenes is 1. The molecule has 25 heavy (non-hydrogen) atoms. The Hall–Kier alpha value is -2.70. The highest BCUT2D eigenvalue weighted by molar-refractivity contribution is 7.71. The van der Waals surface area contributed by atoms with Crippen LogP contribution in [0.1, 0.15) is 0 Å². The molecule has 3 aromatic rings. The predicted octanol–water partition coefficient (Wildman–Crippen LogP) is 1.89. The predicted molar refractivity (Wildman–Crippen MR) is 96.4 cm³/mol. The van der Waals surface area contributed by atoms with Crippen LogP contribution in [-0.2, 0) is 19.6 Å². The largest absolute Gasteiger partial charge is 0.350 e. The van der Waals surface area contributed by atoms with Gasteiger partial charge in [0.25, 0.3) is 0 Å². The van der Waals surface area contributed by atoms with E-state index in [1.165, 1.54) is 21.4 Å². The second kappa shape index (κ2) is 5.68. The van der Waals surface area contributed by atoms with Crippen molar-refractivity contribution >= 4 is 33.8 Å². The fourth-order valence-corrected chi connectivity index (χ4v) is 4.16. The van der Waals surface area contributed by atoms with E-state index in [1.54, 1.807) is 4.68 Å². The summed E-state index contributed by atoms with van der Waals surface area (Å²) in [5.74, 6) is 1.79. The summed E-state index contributed by atoms with van der Waals surface area (Å²) in [6.45, 7) is 0.898. The Bertz CT molecular complexity index is 1220. The van der Waals surface area contributed by atoms with Crippen LogP contribution >= 0.6 is 23.6 Å². The van der Waals surface area contributed by atoms with Crippen molar-refractivity contribution in [2.45, 2.75) is 19.6 Å². The molecule has 3 heterocycles. The lowest BCUT2D eigenvalue weighted by Gasteiger charge is -2.09. The SMILES string of the molecule is C#CCn1c(=O)sc2cc(F)c(-n3c(=O)n4n(c3=S)CC=CC4)cc21. The van der Waals surface area contributed by atoms with Crippen molar-refractivity contribution in [2.24, 2.45) is 0 Å². The molecule has 1 aromatic carbocycles. The van der Waals surface area contributed by atoms with Crippen LogP contribution in [-0.4, -0.2) is 18.5 Å². The lowest BCUT2D eigenvalue weighted by molar-refractivity contribution is 0.489. The molecule has 0 bridgehead atoms. The summed E-state index contributed by atoms with van der Waals surface area (Å²) in [6, 6.07) is 2.70. The molecule has 4 rings (SSSR count). The number of halogens is 1. The Labute approximate surface area is 149 Å². The Morgan fingerprint density at radius 2 is 1.96 bits per heavy atom. The van der Waals surface area contributed by atoms with Gasteiger partial charge in [-0.3, -0.25) is 14.0 Å². The maximum absolute atomic E-state index is 14.7. The highest BCUT2D eigenvalue weighted by Gasteiger charge is 2.20. The third kappa shape index (κ3) is 2.26. The van der Waals surface area contributed by atoms with Gasteiger partial charge in [-0.05, 0) is 24.4 Å². The minimum Gasteiger partial charge on any atom is -0.287 e. The third-order valence-electron chi connectivity index (χ3n) is 4.07. The average molecular weight is 374 g/mol. The number of allylic oxidation sites excluding steroid dienone is 2. The quantitative estimate of drug-likeness (QED) is 0.391. The zero-order valence-electron chi connectivity index (χ0n) is 12.8. The summed E-state index contributed by atoms with van der Waals surface area (Å²) < 4.78 is 20.9. The van der Waals surface area contributed by atoms with Gasteiger partial charge in [0, 0.05) is 0 Å². The van der Waals surface area contributed by atoms with Crippen molar-refractivity contribution in [3.05, 3.63) is 55.0 Å². The number of fused-ring (bicyclic) bond motifs is 2. The minimum atomic E-state index is -0.619. The summed E-state index contributed by atoms with van der Waals surface area (Å²) in [4.78, 5) is 24.4. The van der Waals surface area contributed by atoms with Gasteiger partial charge in [-0.25, -0.2) is 18.4 Å². The number of hydrogen-bond acceptors (Lipinski definition) is 4. The molecule has 0 spiro atoms. The van der Waals surface area contributed by atoms with Crippen LogP contribution in [0.25, 0.3) is 15.9 Å². The number of hydrogen-bond donors (Lipinski definition) is 0. The lowest BCUT2D eigenvalue weighted by Crippen LogP contribution is -2.28. The van der Waals surface area contributed by atoms with Gasteiger partial charge < -0.3 is 0 Å². The maximum Gasteiger partial charge on any atom is 0.350 e. The standard InChI is InChI=1S/C16H11FN4O2S2/c1-2-5-18-12-9-11(10(17)8-13(12)25-16(18)23)21-14(22)19-6-3-4-7-20(19)15(21)24/h1,3-4,8-9H,5-7H2. The average Bonchev–Trinajstić information content (AvgIpc) is 3.03. The maximum atomic E-state index is 14.7. The monoisotopic (exact) mass is 374 g/mol. The van der Waals surface area contributed by atoms with Crippen LogP contribution in [0, 0.1) is 22.9 Å². The van der Waals surface area contributed by atoms with E-state index in [1.807, 2.05) is 12.2 Å². The molecule has 0 saturated heterocycles. The fraction of sp³-hybridized carbons (Fsp3) is 0.188. The summed E-state index contributed by atoms with van der Waals surface area (Å²) >= 11 is 6.27. The molecule has 0 saturated carbocycles. The van der Waals surface area contributed by atoms with E-state index in [0.717, 1.165) is 15.9 Å². The van der Waals surface area contributed by atoms with Crippen LogP contribution in [0.5, 0.6) is 0 Å². The molecule has 6 nitrogen and oxygen atoms in total. The van der Waals surface area contributed by atoms with E-state index < -0.39 is 11.5 Å². The Morgan fingerprint density at radius 1 is 1.24 bits per heavy atom. The number of nitrogens with zero attached hydrogens (tertiary/aromatic N) is 4. The highest BCUT2D eigenvalue weighted by Crippen LogP contribution is 2.24. The first-order valence-electron chi connectivity index (χ1n) is 7.37. The van der Waals surface area contributed by atoms with E-state index >= 15 is 0 Å². The van der Waals surface area contributed by atoms with Crippen molar-refractivity contribution in [3.8, 4) is 18.0 Å². The van der Waals surface area contributed by atoms with Gasteiger partial charge in [-0.2, -0.15) is 0 Å². The molecule has 1 aliphatic heterocycles. The molecule has 1 aliphatic rings. The van der Waals surface area contributed by atoms with E-state index in [9.17, 15) is 14.0 Å². The van der Waals surface area contributed by atoms with Crippen molar-refractivity contribution in [2.75, 3.05) is 0 Å². The van der Waals surface area contributed by atoms with Gasteiger partial charge in [0.1, 0.15) is 5.82 Å². The van der Waals surface area contributed by atoms with Crippen molar-refractivity contribution in [1.29, 1.82) is 0 Å². The second-order valence-corrected chi connectivity index (χ2v) is 6.82. The summed E-state index contributed by atoms with van der Waals surface area (Å²) in [5.41, 5.74) is 0.0760.